The largest absolute Gasteiger partial charge is 0.339 e. The molecule has 0 radical (unpaired) electrons. The van der Waals surface area contributed by atoms with E-state index in [1.54, 1.807) is 4.90 Å². The number of nitrogens with zero attached hydrogens (tertiary/aromatic N) is 5. The fraction of sp³-hybridized carbons (Fsp3) is 0.545. The van der Waals surface area contributed by atoms with Crippen LogP contribution in [0.5, 0.6) is 0 Å². The van der Waals surface area contributed by atoms with E-state index in [1.807, 2.05) is 24.8 Å². The number of carbonyl (C=O) groups excluding carboxylic acids is 2. The van der Waals surface area contributed by atoms with Gasteiger partial charge in [0.15, 0.2) is 4.34 Å². The first-order valence-corrected chi connectivity index (χ1v) is 12.6. The molecule has 1 aliphatic heterocycles. The van der Waals surface area contributed by atoms with Crippen LogP contribution in [-0.4, -0.2) is 69.3 Å². The predicted octanol–water partition coefficient (Wildman–Crippen LogP) is 3.27. The van der Waals surface area contributed by atoms with Crippen molar-refractivity contribution in [2.45, 2.75) is 55.3 Å². The molecular weight excluding hydrogens is 430 g/mol. The molecule has 7 nitrogen and oxygen atoms in total. The molecule has 166 valence electrons. The Morgan fingerprint density at radius 3 is 2.52 bits per heavy atom. The van der Waals surface area contributed by atoms with Gasteiger partial charge in [0.2, 0.25) is 16.9 Å². The van der Waals surface area contributed by atoms with Gasteiger partial charge in [-0.1, -0.05) is 60.4 Å². The number of carbonyl (C=O) groups is 2. The molecule has 2 fully saturated rings. The average molecular weight is 460 g/mol. The highest BCUT2D eigenvalue weighted by atomic mass is 32.2. The molecule has 1 saturated heterocycles. The molecular formula is C22H29N5O2S2. The van der Waals surface area contributed by atoms with Crippen LogP contribution in [0.25, 0.3) is 0 Å². The van der Waals surface area contributed by atoms with Crippen LogP contribution in [0.15, 0.2) is 34.7 Å². The van der Waals surface area contributed by atoms with Crippen molar-refractivity contribution in [2.24, 2.45) is 0 Å². The second kappa shape index (κ2) is 10.1. The number of hydrogen-bond donors (Lipinski definition) is 0. The van der Waals surface area contributed by atoms with Crippen LogP contribution in [-0.2, 0) is 16.1 Å². The number of anilines is 1. The summed E-state index contributed by atoms with van der Waals surface area (Å²) in [6, 6.07) is 10.7. The van der Waals surface area contributed by atoms with E-state index in [0.29, 0.717) is 11.6 Å². The molecule has 0 N–H and O–H groups in total. The van der Waals surface area contributed by atoms with E-state index in [4.69, 9.17) is 0 Å². The van der Waals surface area contributed by atoms with Crippen LogP contribution >= 0.6 is 23.1 Å². The first-order valence-electron chi connectivity index (χ1n) is 10.9. The highest BCUT2D eigenvalue weighted by molar-refractivity contribution is 8.02. The lowest BCUT2D eigenvalue weighted by molar-refractivity contribution is -0.132. The Balaban J connectivity index is 1.28. The van der Waals surface area contributed by atoms with Gasteiger partial charge in [0.25, 0.3) is 0 Å². The van der Waals surface area contributed by atoms with Crippen LogP contribution in [0.4, 0.5) is 5.13 Å². The fourth-order valence-electron chi connectivity index (χ4n) is 3.74. The van der Waals surface area contributed by atoms with Gasteiger partial charge >= 0.3 is 0 Å². The zero-order valence-corrected chi connectivity index (χ0v) is 19.7. The molecule has 31 heavy (non-hydrogen) atoms. The second-order valence-corrected chi connectivity index (χ2v) is 10.6. The highest BCUT2D eigenvalue weighted by Crippen LogP contribution is 2.37. The molecule has 2 amide bonds. The molecule has 0 spiro atoms. The summed E-state index contributed by atoms with van der Waals surface area (Å²) in [6.45, 7) is 7.99. The molecule has 2 aliphatic rings. The normalized spacial score (nSPS) is 18.1. The monoisotopic (exact) mass is 459 g/mol. The van der Waals surface area contributed by atoms with Gasteiger partial charge in [0.05, 0.1) is 5.25 Å². The van der Waals surface area contributed by atoms with Crippen LogP contribution in [0.3, 0.4) is 0 Å². The lowest BCUT2D eigenvalue weighted by atomic mass is 10.2. The topological polar surface area (TPSA) is 69.6 Å². The van der Waals surface area contributed by atoms with E-state index in [-0.39, 0.29) is 23.1 Å². The van der Waals surface area contributed by atoms with E-state index in [9.17, 15) is 9.59 Å². The molecule has 1 unspecified atom stereocenters. The summed E-state index contributed by atoms with van der Waals surface area (Å²) in [4.78, 5) is 31.4. The minimum Gasteiger partial charge on any atom is -0.339 e. The Kier molecular flexibility index (Phi) is 7.24. The van der Waals surface area contributed by atoms with Gasteiger partial charge in [-0.05, 0) is 25.3 Å². The van der Waals surface area contributed by atoms with Crippen molar-refractivity contribution in [1.82, 2.24) is 20.0 Å². The van der Waals surface area contributed by atoms with E-state index in [0.717, 1.165) is 49.9 Å². The SMILES string of the molecule is CCC(=O)N(c1nnc(SC(C)C(=O)N2CCN(Cc3ccccc3)CC2)s1)C1CC1. The van der Waals surface area contributed by atoms with Gasteiger partial charge in [0, 0.05) is 45.2 Å². The fourth-order valence-corrected chi connectivity index (χ4v) is 5.90. The number of aromatic nitrogens is 2. The standard InChI is InChI=1S/C22H29N5O2S2/c1-3-19(28)27(18-9-10-18)21-23-24-22(31-21)30-16(2)20(29)26-13-11-25(12-14-26)15-17-7-5-4-6-8-17/h4-8,16,18H,3,9-15H2,1-2H3. The van der Waals surface area contributed by atoms with Gasteiger partial charge in [-0.2, -0.15) is 0 Å². The first-order chi connectivity index (χ1) is 15.0. The Morgan fingerprint density at radius 2 is 1.87 bits per heavy atom. The second-order valence-electron chi connectivity index (χ2n) is 8.05. The van der Waals surface area contributed by atoms with Crippen molar-refractivity contribution < 1.29 is 9.59 Å². The third-order valence-electron chi connectivity index (χ3n) is 5.64. The summed E-state index contributed by atoms with van der Waals surface area (Å²) in [6.07, 6.45) is 2.52. The summed E-state index contributed by atoms with van der Waals surface area (Å²) in [5, 5.41) is 8.93. The third kappa shape index (κ3) is 5.64. The Morgan fingerprint density at radius 1 is 1.16 bits per heavy atom. The van der Waals surface area contributed by atoms with Crippen LogP contribution < -0.4 is 4.90 Å². The van der Waals surface area contributed by atoms with Crippen molar-refractivity contribution in [3.05, 3.63) is 35.9 Å². The Bertz CT molecular complexity index is 894. The van der Waals surface area contributed by atoms with Gasteiger partial charge in [0.1, 0.15) is 0 Å². The van der Waals surface area contributed by atoms with E-state index in [2.05, 4.69) is 39.4 Å². The Labute approximate surface area is 191 Å². The number of piperazine rings is 1. The molecule has 0 bridgehead atoms. The molecule has 1 aromatic carbocycles. The molecule has 2 heterocycles. The summed E-state index contributed by atoms with van der Waals surface area (Å²) in [5.41, 5.74) is 1.31. The van der Waals surface area contributed by atoms with Crippen molar-refractivity contribution in [1.29, 1.82) is 0 Å². The summed E-state index contributed by atoms with van der Waals surface area (Å²) < 4.78 is 0.744. The Hall–Kier alpha value is -1.97. The molecule has 9 heteroatoms. The van der Waals surface area contributed by atoms with Crippen molar-refractivity contribution in [3.63, 3.8) is 0 Å². The number of thioether (sulfide) groups is 1. The number of rotatable bonds is 8. The highest BCUT2D eigenvalue weighted by Gasteiger charge is 2.35. The molecule has 4 rings (SSSR count). The first kappa shape index (κ1) is 22.2. The minimum absolute atomic E-state index is 0.0905. The third-order valence-corrected chi connectivity index (χ3v) is 7.74. The van der Waals surface area contributed by atoms with Crippen molar-refractivity contribution in [2.75, 3.05) is 31.1 Å². The summed E-state index contributed by atoms with van der Waals surface area (Å²) >= 11 is 2.85. The molecule has 1 atom stereocenters. The van der Waals surface area contributed by atoms with Crippen LogP contribution in [0.2, 0.25) is 0 Å². The average Bonchev–Trinajstić information content (AvgIpc) is 3.52. The maximum Gasteiger partial charge on any atom is 0.235 e. The smallest absolute Gasteiger partial charge is 0.235 e. The van der Waals surface area contributed by atoms with Crippen molar-refractivity contribution >= 4 is 40.0 Å². The van der Waals surface area contributed by atoms with Crippen LogP contribution in [0.1, 0.15) is 38.7 Å². The maximum absolute atomic E-state index is 13.0. The molecule has 1 aromatic heterocycles. The van der Waals surface area contributed by atoms with Crippen LogP contribution in [0, 0.1) is 0 Å². The van der Waals surface area contributed by atoms with E-state index < -0.39 is 0 Å². The number of hydrogen-bond acceptors (Lipinski definition) is 7. The van der Waals surface area contributed by atoms with Crippen molar-refractivity contribution in [3.8, 4) is 0 Å². The van der Waals surface area contributed by atoms with E-state index in [1.165, 1.54) is 28.7 Å². The van der Waals surface area contributed by atoms with Gasteiger partial charge in [-0.15, -0.1) is 10.2 Å². The number of benzene rings is 1. The summed E-state index contributed by atoms with van der Waals surface area (Å²) in [7, 11) is 0. The zero-order chi connectivity index (χ0) is 21.8. The lowest BCUT2D eigenvalue weighted by Gasteiger charge is -2.35. The predicted molar refractivity (Wildman–Crippen MR) is 124 cm³/mol. The van der Waals surface area contributed by atoms with Gasteiger partial charge in [-0.25, -0.2) is 0 Å². The molecule has 2 aromatic rings. The number of amides is 2. The molecule has 1 aliphatic carbocycles. The summed E-state index contributed by atoms with van der Waals surface area (Å²) in [5.74, 6) is 0.234. The maximum atomic E-state index is 13.0. The zero-order valence-electron chi connectivity index (χ0n) is 18.1. The van der Waals surface area contributed by atoms with Gasteiger partial charge < -0.3 is 4.90 Å². The van der Waals surface area contributed by atoms with E-state index >= 15 is 0 Å². The minimum atomic E-state index is -0.224. The quantitative estimate of drug-likeness (QED) is 0.446. The van der Waals surface area contributed by atoms with Gasteiger partial charge in [-0.3, -0.25) is 19.4 Å². The molecule has 1 saturated carbocycles. The lowest BCUT2D eigenvalue weighted by Crippen LogP contribution is -2.50.